The molecule has 2 aliphatic heterocycles. The number of hydrogen-bond acceptors (Lipinski definition) is 6. The van der Waals surface area contributed by atoms with Gasteiger partial charge >= 0.3 is 0 Å². The minimum Gasteiger partial charge on any atom is -0.325 e. The van der Waals surface area contributed by atoms with Gasteiger partial charge in [0.15, 0.2) is 0 Å². The summed E-state index contributed by atoms with van der Waals surface area (Å²) in [4.78, 5) is 45.5. The first-order valence-electron chi connectivity index (χ1n) is 12.2. The highest BCUT2D eigenvalue weighted by Gasteiger charge is 2.72. The molecule has 1 aliphatic carbocycles. The van der Waals surface area contributed by atoms with Crippen molar-refractivity contribution in [3.05, 3.63) is 45.9 Å². The Hall–Kier alpha value is -2.81. The van der Waals surface area contributed by atoms with Gasteiger partial charge in [0.25, 0.3) is 0 Å². The third kappa shape index (κ3) is 3.66. The lowest BCUT2D eigenvalue weighted by Gasteiger charge is -2.19. The summed E-state index contributed by atoms with van der Waals surface area (Å²) in [5.41, 5.74) is 3.92. The van der Waals surface area contributed by atoms with Crippen LogP contribution < -0.4 is 10.6 Å². The van der Waals surface area contributed by atoms with Gasteiger partial charge in [0.1, 0.15) is 0 Å². The zero-order chi connectivity index (χ0) is 25.4. The van der Waals surface area contributed by atoms with E-state index in [0.29, 0.717) is 11.6 Å². The first kappa shape index (κ1) is 23.6. The number of benzene rings is 1. The molecule has 36 heavy (non-hydrogen) atoms. The molecule has 4 heterocycles. The highest BCUT2D eigenvalue weighted by atomic mass is 35.5. The molecule has 3 aliphatic rings. The lowest BCUT2D eigenvalue weighted by molar-refractivity contribution is -0.143. The summed E-state index contributed by atoms with van der Waals surface area (Å²) in [6.45, 7) is 7.68. The summed E-state index contributed by atoms with van der Waals surface area (Å²) in [6, 6.07) is 7.58. The number of pyridine rings is 1. The largest absolute Gasteiger partial charge is 0.325 e. The molecule has 3 fully saturated rings. The number of aryl methyl sites for hydroxylation is 1. The number of nitrogens with zero attached hydrogens (tertiary/aromatic N) is 2. The lowest BCUT2D eigenvalue weighted by Crippen LogP contribution is -2.35. The van der Waals surface area contributed by atoms with Crippen LogP contribution in [0.5, 0.6) is 0 Å². The Morgan fingerprint density at radius 2 is 1.97 bits per heavy atom. The standard InChI is InChI=1S/C27H27ClN4O3S/c1-13-8-15(28)9-18(22(13)31-24(33)14-4-6-29-11-14)17-5-7-30-19-10-16(36-23(17)19)12-32-25(34)20-21(26(32)35)27(20,2)3/h5,7-10,14,20-21,29H,4,6,11-12H2,1-3H3,(H,31,33)/t14-,20?,21?/m0/s1. The molecule has 0 radical (unpaired) electrons. The summed E-state index contributed by atoms with van der Waals surface area (Å²) in [5.74, 6) is -0.593. The smallest absolute Gasteiger partial charge is 0.234 e. The van der Waals surface area contributed by atoms with E-state index in [-0.39, 0.29) is 47.4 Å². The first-order chi connectivity index (χ1) is 17.2. The second-order valence-electron chi connectivity index (χ2n) is 10.6. The average molecular weight is 523 g/mol. The molecule has 0 spiro atoms. The van der Waals surface area contributed by atoms with E-state index in [0.717, 1.165) is 50.4 Å². The maximum atomic E-state index is 13.0. The minimum atomic E-state index is -0.223. The molecular formula is C27H27ClN4O3S. The molecule has 2 aromatic heterocycles. The predicted octanol–water partition coefficient (Wildman–Crippen LogP) is 4.61. The molecule has 0 bridgehead atoms. The Bertz CT molecular complexity index is 1420. The van der Waals surface area contributed by atoms with Gasteiger partial charge in [-0.3, -0.25) is 24.3 Å². The van der Waals surface area contributed by atoms with Gasteiger partial charge in [-0.1, -0.05) is 25.4 Å². The normalized spacial score (nSPS) is 24.4. The molecule has 2 saturated heterocycles. The van der Waals surface area contributed by atoms with Crippen molar-refractivity contribution in [3.63, 3.8) is 0 Å². The summed E-state index contributed by atoms with van der Waals surface area (Å²) >= 11 is 7.98. The van der Waals surface area contributed by atoms with E-state index < -0.39 is 0 Å². The Morgan fingerprint density at radius 1 is 1.22 bits per heavy atom. The Kier molecular flexibility index (Phi) is 5.48. The Labute approximate surface area is 218 Å². The number of likely N-dealkylation sites (tertiary alicyclic amines) is 1. The minimum absolute atomic E-state index is 0.00334. The van der Waals surface area contributed by atoms with Gasteiger partial charge in [-0.05, 0) is 55.1 Å². The fourth-order valence-electron chi connectivity index (χ4n) is 5.82. The van der Waals surface area contributed by atoms with Crippen molar-refractivity contribution in [2.24, 2.45) is 23.2 Å². The van der Waals surface area contributed by atoms with Crippen LogP contribution in [0.4, 0.5) is 5.69 Å². The van der Waals surface area contributed by atoms with Gasteiger partial charge in [-0.25, -0.2) is 0 Å². The summed E-state index contributed by atoms with van der Waals surface area (Å²) in [6.07, 6.45) is 2.55. The number of aromatic nitrogens is 1. The predicted molar refractivity (Wildman–Crippen MR) is 141 cm³/mol. The lowest BCUT2D eigenvalue weighted by atomic mass is 9.99. The first-order valence-corrected chi connectivity index (χ1v) is 13.4. The Balaban J connectivity index is 1.35. The van der Waals surface area contributed by atoms with Crippen molar-refractivity contribution in [2.45, 2.75) is 33.7 Å². The number of rotatable bonds is 5. The van der Waals surface area contributed by atoms with Gasteiger partial charge in [0, 0.05) is 33.8 Å². The Morgan fingerprint density at radius 3 is 2.67 bits per heavy atom. The number of amides is 3. The van der Waals surface area contributed by atoms with Crippen LogP contribution >= 0.6 is 22.9 Å². The van der Waals surface area contributed by atoms with E-state index in [1.165, 1.54) is 16.2 Å². The van der Waals surface area contributed by atoms with Crippen molar-refractivity contribution in [1.82, 2.24) is 15.2 Å². The molecule has 186 valence electrons. The van der Waals surface area contributed by atoms with Gasteiger partial charge < -0.3 is 10.6 Å². The van der Waals surface area contributed by atoms with Gasteiger partial charge in [-0.15, -0.1) is 11.3 Å². The summed E-state index contributed by atoms with van der Waals surface area (Å²) in [5, 5.41) is 6.98. The van der Waals surface area contributed by atoms with Crippen LogP contribution in [0.1, 0.15) is 30.7 Å². The molecule has 7 nitrogen and oxygen atoms in total. The molecule has 3 aromatic rings. The third-order valence-corrected chi connectivity index (χ3v) is 9.30. The van der Waals surface area contributed by atoms with Crippen LogP contribution in [0.15, 0.2) is 30.5 Å². The van der Waals surface area contributed by atoms with Crippen LogP contribution in [0, 0.1) is 30.1 Å². The monoisotopic (exact) mass is 522 g/mol. The maximum absolute atomic E-state index is 13.0. The number of anilines is 1. The van der Waals surface area contributed by atoms with Gasteiger partial charge in [-0.2, -0.15) is 0 Å². The number of fused-ring (bicyclic) bond motifs is 2. The van der Waals surface area contributed by atoms with E-state index >= 15 is 0 Å². The van der Waals surface area contributed by atoms with E-state index in [9.17, 15) is 14.4 Å². The highest BCUT2D eigenvalue weighted by Crippen LogP contribution is 2.63. The van der Waals surface area contributed by atoms with Crippen molar-refractivity contribution in [2.75, 3.05) is 18.4 Å². The second-order valence-corrected chi connectivity index (χ2v) is 12.2. The molecular weight excluding hydrogens is 496 g/mol. The van der Waals surface area contributed by atoms with Crippen LogP contribution in [0.25, 0.3) is 21.3 Å². The fraction of sp³-hybridized carbons (Fsp3) is 0.407. The van der Waals surface area contributed by atoms with Crippen molar-refractivity contribution < 1.29 is 14.4 Å². The number of nitrogens with one attached hydrogen (secondary N) is 2. The van der Waals surface area contributed by atoms with E-state index in [1.54, 1.807) is 6.20 Å². The maximum Gasteiger partial charge on any atom is 0.234 e. The summed E-state index contributed by atoms with van der Waals surface area (Å²) < 4.78 is 0.928. The summed E-state index contributed by atoms with van der Waals surface area (Å²) in [7, 11) is 0. The average Bonchev–Trinajstić information content (AvgIpc) is 3.31. The number of piperidine rings is 1. The number of imide groups is 1. The molecule has 6 rings (SSSR count). The fourth-order valence-corrected chi connectivity index (χ4v) is 7.22. The van der Waals surface area contributed by atoms with Crippen LogP contribution in [-0.2, 0) is 20.9 Å². The van der Waals surface area contributed by atoms with E-state index in [4.69, 9.17) is 11.6 Å². The zero-order valence-electron chi connectivity index (χ0n) is 20.4. The molecule has 3 atom stereocenters. The zero-order valence-corrected chi connectivity index (χ0v) is 21.9. The number of hydrogen-bond donors (Lipinski definition) is 2. The SMILES string of the molecule is Cc1cc(Cl)cc(-c2ccnc3cc(CN4C(=O)C5C(C4=O)C5(C)C)sc23)c1NC(=O)[C@H]1CCNC1. The van der Waals surface area contributed by atoms with E-state index in [2.05, 4.69) is 15.6 Å². The topological polar surface area (TPSA) is 91.4 Å². The molecule has 1 saturated carbocycles. The van der Waals surface area contributed by atoms with Crippen LogP contribution in [-0.4, -0.2) is 40.7 Å². The van der Waals surface area contributed by atoms with Crippen LogP contribution in [0.3, 0.4) is 0 Å². The third-order valence-electron chi connectivity index (χ3n) is 7.94. The van der Waals surface area contributed by atoms with E-state index in [1.807, 2.05) is 45.0 Å². The number of carbonyl (C=O) groups is 3. The number of thiophene rings is 1. The molecule has 3 amide bonds. The number of halogens is 1. The molecule has 1 aromatic carbocycles. The van der Waals surface area contributed by atoms with Crippen molar-refractivity contribution in [3.8, 4) is 11.1 Å². The van der Waals surface area contributed by atoms with Gasteiger partial charge in [0.05, 0.1) is 40.2 Å². The van der Waals surface area contributed by atoms with Crippen molar-refractivity contribution in [1.29, 1.82) is 0 Å². The quantitative estimate of drug-likeness (QED) is 0.477. The van der Waals surface area contributed by atoms with Crippen molar-refractivity contribution >= 4 is 56.6 Å². The number of carbonyl (C=O) groups excluding carboxylic acids is 3. The second kappa shape index (κ2) is 8.36. The van der Waals surface area contributed by atoms with Crippen LogP contribution in [0.2, 0.25) is 5.02 Å². The molecule has 9 heteroatoms. The highest BCUT2D eigenvalue weighted by molar-refractivity contribution is 7.19. The molecule has 2 unspecified atom stereocenters. The van der Waals surface area contributed by atoms with Gasteiger partial charge in [0.2, 0.25) is 17.7 Å². The molecule has 2 N–H and O–H groups in total.